The van der Waals surface area contributed by atoms with Gasteiger partial charge in [-0.3, -0.25) is 4.79 Å². The lowest BCUT2D eigenvalue weighted by atomic mass is 9.85. The number of carboxylic acids is 1. The van der Waals surface area contributed by atoms with Gasteiger partial charge in [-0.25, -0.2) is 19.6 Å². The van der Waals surface area contributed by atoms with Gasteiger partial charge in [-0.05, 0) is 73.8 Å². The third-order valence-electron chi connectivity index (χ3n) is 10.4. The van der Waals surface area contributed by atoms with Crippen LogP contribution in [0.15, 0.2) is 18.2 Å². The minimum absolute atomic E-state index is 0.0446. The lowest BCUT2D eigenvalue weighted by Gasteiger charge is -2.35. The minimum Gasteiger partial charge on any atom is -0.497 e. The summed E-state index contributed by atoms with van der Waals surface area (Å²) >= 11 is 0. The number of fused-ring (bicyclic) bond motifs is 7. The lowest BCUT2D eigenvalue weighted by Crippen LogP contribution is -2.57. The normalized spacial score (nSPS) is 32.2. The molecule has 2 N–H and O–H groups in total. The van der Waals surface area contributed by atoms with Crippen molar-refractivity contribution in [2.45, 2.75) is 103 Å². The molecule has 2 aliphatic carbocycles. The monoisotopic (exact) mass is 622 g/mol. The Morgan fingerprint density at radius 1 is 1.07 bits per heavy atom. The average molecular weight is 623 g/mol. The van der Waals surface area contributed by atoms with Crippen LogP contribution in [0.3, 0.4) is 0 Å². The van der Waals surface area contributed by atoms with E-state index in [4.69, 9.17) is 24.2 Å². The van der Waals surface area contributed by atoms with Gasteiger partial charge < -0.3 is 29.5 Å². The third kappa shape index (κ3) is 6.27. The van der Waals surface area contributed by atoms with Gasteiger partial charge >= 0.3 is 12.1 Å². The van der Waals surface area contributed by atoms with Gasteiger partial charge in [-0.15, -0.1) is 0 Å². The second kappa shape index (κ2) is 12.3. The van der Waals surface area contributed by atoms with Gasteiger partial charge in [0, 0.05) is 12.0 Å². The van der Waals surface area contributed by atoms with Gasteiger partial charge in [-0.2, -0.15) is 0 Å². The Morgan fingerprint density at radius 3 is 2.58 bits per heavy atom. The van der Waals surface area contributed by atoms with E-state index in [0.717, 1.165) is 43.3 Å². The van der Waals surface area contributed by atoms with Crippen LogP contribution in [0.25, 0.3) is 11.0 Å². The number of aromatic nitrogens is 2. The fraction of sp³-hybridized carbons (Fsp3) is 0.676. The summed E-state index contributed by atoms with van der Waals surface area (Å²) in [5.41, 5.74) is 1.37. The maximum atomic E-state index is 14.2. The van der Waals surface area contributed by atoms with E-state index in [1.54, 1.807) is 13.2 Å². The second-order valence-corrected chi connectivity index (χ2v) is 14.4. The molecule has 4 aliphatic rings. The van der Waals surface area contributed by atoms with Crippen molar-refractivity contribution in [3.63, 3.8) is 0 Å². The summed E-state index contributed by atoms with van der Waals surface area (Å²) in [7, 11) is 1.60. The van der Waals surface area contributed by atoms with Crippen molar-refractivity contribution in [2.24, 2.45) is 29.1 Å². The number of methoxy groups -OCH3 is 1. The number of hydrogen-bond acceptors (Lipinski definition) is 8. The van der Waals surface area contributed by atoms with Crippen molar-refractivity contribution in [3.05, 3.63) is 23.9 Å². The first-order valence-corrected chi connectivity index (χ1v) is 16.5. The fourth-order valence-corrected chi connectivity index (χ4v) is 7.92. The Hall–Kier alpha value is -3.63. The Labute approximate surface area is 264 Å². The molecule has 6 rings (SSSR count). The lowest BCUT2D eigenvalue weighted by molar-refractivity contribution is -0.151. The van der Waals surface area contributed by atoms with Crippen LogP contribution in [0.2, 0.25) is 0 Å². The summed E-state index contributed by atoms with van der Waals surface area (Å²) in [5, 5.41) is 13.3. The molecule has 8 atom stereocenters. The molecule has 1 aromatic heterocycles. The molecule has 45 heavy (non-hydrogen) atoms. The van der Waals surface area contributed by atoms with Crippen molar-refractivity contribution in [3.8, 4) is 11.6 Å². The number of aryl methyl sites for hydroxylation is 1. The highest BCUT2D eigenvalue weighted by atomic mass is 16.6. The summed E-state index contributed by atoms with van der Waals surface area (Å²) in [6.07, 6.45) is 5.65. The molecule has 244 valence electrons. The van der Waals surface area contributed by atoms with E-state index in [2.05, 4.69) is 5.32 Å². The summed E-state index contributed by atoms with van der Waals surface area (Å²) in [5.74, 6) is 0.473. The third-order valence-corrected chi connectivity index (χ3v) is 10.4. The standard InChI is InChI=1S/C34H46N4O7/c1-6-20-27-17-38(28(20)32(40)41)31(39)29(34(2,3)4)37-33(42)45-26-15-18-14-22(18)21(26)10-8-7-9-11-24-30(44-27)36-25-16-19(43-5)12-13-23(25)35-24/h12-13,16,18,20-22,26-29H,6-11,14-15,17H2,1-5H3,(H,37,42)(H,40,41)/t18-,20+,21+,22+,26+,27-,28-,29+/m0/s1. The smallest absolute Gasteiger partial charge is 0.408 e. The maximum Gasteiger partial charge on any atom is 0.408 e. The van der Waals surface area contributed by atoms with E-state index < -0.39 is 47.5 Å². The Balaban J connectivity index is 1.38. The molecule has 2 saturated carbocycles. The number of hydrogen-bond donors (Lipinski definition) is 2. The largest absolute Gasteiger partial charge is 0.497 e. The van der Waals surface area contributed by atoms with Crippen molar-refractivity contribution in [2.75, 3.05) is 13.7 Å². The Kier molecular flexibility index (Phi) is 8.56. The van der Waals surface area contributed by atoms with Crippen LogP contribution in [0.4, 0.5) is 4.79 Å². The summed E-state index contributed by atoms with van der Waals surface area (Å²) < 4.78 is 18.0. The van der Waals surface area contributed by atoms with E-state index in [1.165, 1.54) is 11.3 Å². The molecule has 2 bridgehead atoms. The summed E-state index contributed by atoms with van der Waals surface area (Å²) in [4.78, 5) is 51.5. The van der Waals surface area contributed by atoms with E-state index in [9.17, 15) is 19.5 Å². The number of ether oxygens (including phenoxy) is 3. The van der Waals surface area contributed by atoms with Crippen molar-refractivity contribution in [1.29, 1.82) is 0 Å². The quantitative estimate of drug-likeness (QED) is 0.485. The van der Waals surface area contributed by atoms with Crippen LogP contribution in [0, 0.1) is 29.1 Å². The van der Waals surface area contributed by atoms with Crippen LogP contribution in [0.5, 0.6) is 11.6 Å². The maximum absolute atomic E-state index is 14.2. The predicted molar refractivity (Wildman–Crippen MR) is 166 cm³/mol. The molecule has 2 aromatic rings. The molecule has 2 aliphatic heterocycles. The number of benzene rings is 1. The zero-order valence-corrected chi connectivity index (χ0v) is 27.0. The second-order valence-electron chi connectivity index (χ2n) is 14.4. The molecule has 1 saturated heterocycles. The Bertz CT molecular complexity index is 1460. The molecular weight excluding hydrogens is 576 g/mol. The first kappa shape index (κ1) is 31.4. The van der Waals surface area contributed by atoms with Gasteiger partial charge in [-0.1, -0.05) is 40.5 Å². The van der Waals surface area contributed by atoms with Gasteiger partial charge in [0.25, 0.3) is 0 Å². The SMILES string of the molecule is CC[C@@H]1[C@@H]2CN(C(=O)[C@H](C(C)(C)C)NC(=O)O[C@@H]3C[C@@H]4C[C@H]4[C@H]3CCCCCc3nc4ccc(OC)cc4nc3O2)[C@@H]1C(=O)O. The molecule has 0 spiro atoms. The molecule has 11 heteroatoms. The molecule has 1 aromatic carbocycles. The van der Waals surface area contributed by atoms with Crippen molar-refractivity contribution < 1.29 is 33.7 Å². The van der Waals surface area contributed by atoms with Crippen molar-refractivity contribution in [1.82, 2.24) is 20.2 Å². The number of nitrogens with one attached hydrogen (secondary N) is 1. The van der Waals surface area contributed by atoms with Crippen LogP contribution >= 0.6 is 0 Å². The highest BCUT2D eigenvalue weighted by molar-refractivity contribution is 5.90. The number of amides is 2. The molecule has 3 fully saturated rings. The molecule has 0 radical (unpaired) electrons. The van der Waals surface area contributed by atoms with Gasteiger partial charge in [0.05, 0.1) is 24.7 Å². The zero-order chi connectivity index (χ0) is 32.0. The summed E-state index contributed by atoms with van der Waals surface area (Å²) in [6.45, 7) is 7.52. The highest BCUT2D eigenvalue weighted by Crippen LogP contribution is 2.57. The van der Waals surface area contributed by atoms with E-state index in [1.807, 2.05) is 39.8 Å². The van der Waals surface area contributed by atoms with Gasteiger partial charge in [0.15, 0.2) is 0 Å². The molecule has 0 unspecified atom stereocenters. The molecule has 11 nitrogen and oxygen atoms in total. The van der Waals surface area contributed by atoms with Crippen LogP contribution in [0.1, 0.15) is 78.3 Å². The van der Waals surface area contributed by atoms with Crippen LogP contribution < -0.4 is 14.8 Å². The average Bonchev–Trinajstić information content (AvgIpc) is 3.52. The number of aliphatic carboxylic acids is 1. The molecule has 3 heterocycles. The number of carbonyl (C=O) groups is 3. The number of rotatable bonds is 3. The Morgan fingerprint density at radius 2 is 1.87 bits per heavy atom. The number of nitrogens with zero attached hydrogens (tertiary/aromatic N) is 3. The molecular formula is C34H46N4O7. The van der Waals surface area contributed by atoms with E-state index in [0.29, 0.717) is 47.7 Å². The van der Waals surface area contributed by atoms with E-state index in [-0.39, 0.29) is 12.6 Å². The van der Waals surface area contributed by atoms with Crippen LogP contribution in [-0.2, 0) is 20.7 Å². The first-order chi connectivity index (χ1) is 21.5. The van der Waals surface area contributed by atoms with Gasteiger partial charge in [0.1, 0.15) is 35.7 Å². The minimum atomic E-state index is -1.12. The van der Waals surface area contributed by atoms with Crippen LogP contribution in [-0.4, -0.2) is 75.9 Å². The number of alkyl carbamates (subject to hydrolysis) is 1. The number of carboxylic acid groups (broad SMARTS) is 1. The highest BCUT2D eigenvalue weighted by Gasteiger charge is 2.55. The first-order valence-electron chi connectivity index (χ1n) is 16.5. The van der Waals surface area contributed by atoms with Crippen molar-refractivity contribution >= 4 is 29.0 Å². The predicted octanol–water partition coefficient (Wildman–Crippen LogP) is 4.99. The van der Waals surface area contributed by atoms with Gasteiger partial charge in [0.2, 0.25) is 11.8 Å². The topological polar surface area (TPSA) is 140 Å². The van der Waals surface area contributed by atoms with E-state index >= 15 is 0 Å². The molecule has 2 amide bonds. The summed E-state index contributed by atoms with van der Waals surface area (Å²) in [6, 6.07) is 3.43. The zero-order valence-electron chi connectivity index (χ0n) is 27.0. The fourth-order valence-electron chi connectivity index (χ4n) is 7.92. The number of carbonyl (C=O) groups excluding carboxylic acids is 2.